The van der Waals surface area contributed by atoms with Gasteiger partial charge < -0.3 is 4.90 Å². The molecule has 1 saturated heterocycles. The van der Waals surface area contributed by atoms with Crippen molar-refractivity contribution in [3.05, 3.63) is 17.0 Å². The Bertz CT molecular complexity index is 504. The Balaban J connectivity index is 2.21. The molecule has 2 rings (SSSR count). The number of hydrogen-bond acceptors (Lipinski definition) is 3. The van der Waals surface area contributed by atoms with Gasteiger partial charge in [-0.25, -0.2) is 18.7 Å². The zero-order valence-corrected chi connectivity index (χ0v) is 11.8. The van der Waals surface area contributed by atoms with E-state index in [-0.39, 0.29) is 25.3 Å². The van der Waals surface area contributed by atoms with Crippen molar-refractivity contribution in [2.75, 3.05) is 18.0 Å². The zero-order chi connectivity index (χ0) is 15.1. The van der Waals surface area contributed by atoms with Crippen LogP contribution in [0.4, 0.5) is 23.4 Å². The van der Waals surface area contributed by atoms with Gasteiger partial charge in [0, 0.05) is 32.4 Å². The molecule has 1 fully saturated rings. The number of alkyl halides is 4. The number of nitrogens with zero attached hydrogens (tertiary/aromatic N) is 3. The molecule has 0 spiro atoms. The molecule has 3 nitrogen and oxygen atoms in total. The Morgan fingerprint density at radius 1 is 1.45 bits per heavy atom. The van der Waals surface area contributed by atoms with E-state index < -0.39 is 28.6 Å². The van der Waals surface area contributed by atoms with Crippen LogP contribution >= 0.6 is 11.6 Å². The van der Waals surface area contributed by atoms with Crippen molar-refractivity contribution in [2.45, 2.75) is 32.1 Å². The Labute approximate surface area is 119 Å². The smallest absolute Gasteiger partial charge is 0.290 e. The lowest BCUT2D eigenvalue weighted by molar-refractivity contribution is -0.0652. The summed E-state index contributed by atoms with van der Waals surface area (Å²) in [6, 6.07) is 0. The zero-order valence-electron chi connectivity index (χ0n) is 11.0. The van der Waals surface area contributed by atoms with Crippen molar-refractivity contribution in [3.63, 3.8) is 0 Å². The van der Waals surface area contributed by atoms with Crippen LogP contribution in [0.2, 0.25) is 5.15 Å². The predicted molar refractivity (Wildman–Crippen MR) is 67.6 cm³/mol. The molecule has 0 aliphatic carbocycles. The number of piperidine rings is 1. The average molecular weight is 312 g/mol. The van der Waals surface area contributed by atoms with Crippen molar-refractivity contribution in [1.29, 1.82) is 0 Å². The van der Waals surface area contributed by atoms with E-state index in [1.165, 1.54) is 6.92 Å². The monoisotopic (exact) mass is 311 g/mol. The maximum absolute atomic E-state index is 13.4. The fourth-order valence-electron chi connectivity index (χ4n) is 2.10. The third-order valence-corrected chi connectivity index (χ3v) is 3.65. The Hall–Kier alpha value is -1.11. The summed E-state index contributed by atoms with van der Waals surface area (Å²) in [5.74, 6) is -6.51. The van der Waals surface area contributed by atoms with Gasteiger partial charge in [0.05, 0.1) is 6.20 Å². The van der Waals surface area contributed by atoms with Crippen LogP contribution in [0.3, 0.4) is 0 Å². The van der Waals surface area contributed by atoms with E-state index in [4.69, 9.17) is 11.6 Å². The molecule has 8 heteroatoms. The van der Waals surface area contributed by atoms with Crippen molar-refractivity contribution in [2.24, 2.45) is 5.92 Å². The van der Waals surface area contributed by atoms with Crippen molar-refractivity contribution in [3.8, 4) is 0 Å². The van der Waals surface area contributed by atoms with Crippen molar-refractivity contribution < 1.29 is 17.6 Å². The molecular weight excluding hydrogens is 298 g/mol. The van der Waals surface area contributed by atoms with Crippen molar-refractivity contribution >= 4 is 17.4 Å². The van der Waals surface area contributed by atoms with Gasteiger partial charge in [-0.15, -0.1) is 0 Å². The van der Waals surface area contributed by atoms with Crippen LogP contribution in [0, 0.1) is 5.92 Å². The Kier molecular flexibility index (Phi) is 3.83. The molecule has 0 saturated carbocycles. The Morgan fingerprint density at radius 3 is 2.60 bits per heavy atom. The molecule has 1 atom stereocenters. The van der Waals surface area contributed by atoms with Gasteiger partial charge in [0.1, 0.15) is 11.5 Å². The predicted octanol–water partition coefficient (Wildman–Crippen LogP) is 3.72. The molecule has 0 aromatic carbocycles. The van der Waals surface area contributed by atoms with E-state index in [9.17, 15) is 17.6 Å². The van der Waals surface area contributed by atoms with E-state index in [2.05, 4.69) is 9.97 Å². The van der Waals surface area contributed by atoms with E-state index in [1.807, 2.05) is 0 Å². The summed E-state index contributed by atoms with van der Waals surface area (Å²) in [7, 11) is 0. The summed E-state index contributed by atoms with van der Waals surface area (Å²) in [4.78, 5) is 9.04. The van der Waals surface area contributed by atoms with Gasteiger partial charge in [0.25, 0.3) is 11.8 Å². The molecule has 0 amide bonds. The van der Waals surface area contributed by atoms with Gasteiger partial charge in [-0.1, -0.05) is 18.5 Å². The molecule has 0 bridgehead atoms. The second kappa shape index (κ2) is 5.02. The first-order valence-electron chi connectivity index (χ1n) is 6.15. The van der Waals surface area contributed by atoms with Crippen LogP contribution in [0.1, 0.15) is 26.0 Å². The van der Waals surface area contributed by atoms with Crippen LogP contribution < -0.4 is 4.90 Å². The number of anilines is 1. The highest BCUT2D eigenvalue weighted by atomic mass is 35.5. The molecule has 1 aliphatic rings. The van der Waals surface area contributed by atoms with Crippen LogP contribution in [0.5, 0.6) is 0 Å². The minimum absolute atomic E-state index is 0.0832. The molecule has 1 aromatic heterocycles. The van der Waals surface area contributed by atoms with Gasteiger partial charge in [-0.3, -0.25) is 0 Å². The van der Waals surface area contributed by atoms with Crippen LogP contribution in [0.15, 0.2) is 6.20 Å². The number of aromatic nitrogens is 2. The minimum Gasteiger partial charge on any atom is -0.355 e. The highest BCUT2D eigenvalue weighted by Gasteiger charge is 2.41. The molecular formula is C12H14ClF4N3. The van der Waals surface area contributed by atoms with Gasteiger partial charge in [0.2, 0.25) is 0 Å². The summed E-state index contributed by atoms with van der Waals surface area (Å²) >= 11 is 5.70. The van der Waals surface area contributed by atoms with Crippen LogP contribution in [-0.2, 0) is 5.92 Å². The molecule has 1 unspecified atom stereocenters. The largest absolute Gasteiger partial charge is 0.355 e. The maximum atomic E-state index is 13.4. The normalized spacial score (nSPS) is 22.9. The lowest BCUT2D eigenvalue weighted by Crippen LogP contribution is -2.46. The maximum Gasteiger partial charge on any atom is 0.290 e. The second-order valence-electron chi connectivity index (χ2n) is 5.11. The Morgan fingerprint density at radius 2 is 2.10 bits per heavy atom. The fraction of sp³-hybridized carbons (Fsp3) is 0.667. The summed E-state index contributed by atoms with van der Waals surface area (Å²) in [5, 5.41) is -0.403. The first-order valence-corrected chi connectivity index (χ1v) is 6.52. The molecule has 1 aliphatic heterocycles. The number of halogens is 5. The van der Waals surface area contributed by atoms with Gasteiger partial charge in [-0.2, -0.15) is 8.78 Å². The summed E-state index contributed by atoms with van der Waals surface area (Å²) in [5.41, 5.74) is -0.613. The summed E-state index contributed by atoms with van der Waals surface area (Å²) < 4.78 is 53.1. The first-order chi connectivity index (χ1) is 9.11. The van der Waals surface area contributed by atoms with Gasteiger partial charge in [-0.05, 0) is 0 Å². The molecule has 0 N–H and O–H groups in total. The SMILES string of the molecule is CC1CN(c2cnc(C(C)(F)F)c(Cl)n2)CCC1(F)F. The fourth-order valence-corrected chi connectivity index (χ4v) is 2.40. The topological polar surface area (TPSA) is 29.0 Å². The quantitative estimate of drug-likeness (QED) is 0.779. The van der Waals surface area contributed by atoms with E-state index in [0.29, 0.717) is 6.92 Å². The summed E-state index contributed by atoms with van der Waals surface area (Å²) in [6.45, 7) is 2.28. The average Bonchev–Trinajstić information content (AvgIpc) is 2.31. The van der Waals surface area contributed by atoms with Crippen LogP contribution in [0.25, 0.3) is 0 Å². The molecule has 112 valence electrons. The third kappa shape index (κ3) is 2.97. The highest BCUT2D eigenvalue weighted by molar-refractivity contribution is 6.30. The molecule has 2 heterocycles. The molecule has 0 radical (unpaired) electrons. The van der Waals surface area contributed by atoms with Gasteiger partial charge >= 0.3 is 0 Å². The minimum atomic E-state index is -3.19. The van der Waals surface area contributed by atoms with Gasteiger partial charge in [0.15, 0.2) is 5.15 Å². The lowest BCUT2D eigenvalue weighted by Gasteiger charge is -2.37. The highest BCUT2D eigenvalue weighted by Crippen LogP contribution is 2.36. The second-order valence-corrected chi connectivity index (χ2v) is 5.47. The first kappa shape index (κ1) is 15.3. The van der Waals surface area contributed by atoms with E-state index >= 15 is 0 Å². The van der Waals surface area contributed by atoms with E-state index in [0.717, 1.165) is 6.20 Å². The number of hydrogen-bond donors (Lipinski definition) is 0. The number of rotatable bonds is 2. The van der Waals surface area contributed by atoms with Crippen molar-refractivity contribution in [1.82, 2.24) is 9.97 Å². The standard InChI is InChI=1S/C12H14ClF4N3/c1-7-6-20(4-3-12(7,16)17)8-5-18-9(10(13)19-8)11(2,14)15/h5,7H,3-4,6H2,1-2H3. The molecule has 20 heavy (non-hydrogen) atoms. The van der Waals surface area contributed by atoms with E-state index in [1.54, 1.807) is 4.90 Å². The lowest BCUT2D eigenvalue weighted by atomic mass is 9.95. The third-order valence-electron chi connectivity index (χ3n) is 3.39. The molecule has 1 aromatic rings. The van der Waals surface area contributed by atoms with Crippen LogP contribution in [-0.4, -0.2) is 29.0 Å². The summed E-state index contributed by atoms with van der Waals surface area (Å²) in [6.07, 6.45) is 0.841.